The number of hydrogen-bond acceptors (Lipinski definition) is 11. The second-order valence-corrected chi connectivity index (χ2v) is 8.21. The molecule has 2 aromatic rings. The van der Waals surface area contributed by atoms with Crippen LogP contribution in [0.3, 0.4) is 0 Å². The quantitative estimate of drug-likeness (QED) is 0.272. The highest BCUT2D eigenvalue weighted by molar-refractivity contribution is 7.46. The molecule has 2 fully saturated rings. The number of nitrogens with one attached hydrogen (secondary N) is 1. The number of aliphatic hydroxyl groups is 2. The number of aliphatic hydroxyl groups excluding tert-OH is 2. The van der Waals surface area contributed by atoms with Crippen molar-refractivity contribution in [3.05, 3.63) is 12.7 Å². The number of rotatable bonds is 4. The smallest absolute Gasteiger partial charge is 0.387 e. The molecule has 2 saturated heterocycles. The molecule has 0 unspecified atom stereocenters. The van der Waals surface area contributed by atoms with E-state index in [1.54, 1.807) is 0 Å². The third-order valence-electron chi connectivity index (χ3n) is 4.75. The van der Waals surface area contributed by atoms with E-state index in [4.69, 9.17) is 20.3 Å². The van der Waals surface area contributed by atoms with Gasteiger partial charge >= 0.3 is 7.82 Å². The third kappa shape index (κ3) is 5.49. The molecular formula is C15H26N7O7P. The van der Waals surface area contributed by atoms with Gasteiger partial charge in [-0.3, -0.25) is 9.09 Å². The number of phosphoric acid groups is 1. The lowest BCUT2D eigenvalue weighted by Gasteiger charge is -2.21. The molecule has 4 heterocycles. The number of piperazine rings is 1. The van der Waals surface area contributed by atoms with Gasteiger partial charge in [0.1, 0.15) is 30.2 Å². The van der Waals surface area contributed by atoms with E-state index >= 15 is 0 Å². The number of ether oxygens (including phenoxy) is 1. The molecule has 0 bridgehead atoms. The van der Waals surface area contributed by atoms with Crippen molar-refractivity contribution in [1.82, 2.24) is 29.7 Å². The van der Waals surface area contributed by atoms with Crippen LogP contribution in [0.4, 0.5) is 5.82 Å². The van der Waals surface area contributed by atoms with Gasteiger partial charge < -0.3 is 40.7 Å². The van der Waals surface area contributed by atoms with E-state index in [1.165, 1.54) is 30.3 Å². The van der Waals surface area contributed by atoms with Crippen molar-refractivity contribution >= 4 is 24.8 Å². The SMILES string of the molecule is CN1CCNCC1.Nc1ncnc2c1ncn2[C@@H]1O[C@H](COP(=O)(O)O)[C@@H](O)[C@H]1O. The van der Waals surface area contributed by atoms with Gasteiger partial charge in [0.05, 0.1) is 12.9 Å². The Labute approximate surface area is 171 Å². The van der Waals surface area contributed by atoms with Gasteiger partial charge in [0, 0.05) is 26.2 Å². The lowest BCUT2D eigenvalue weighted by atomic mass is 10.1. The number of likely N-dealkylation sites (N-methyl/N-ethyl adjacent to an activating group) is 1. The van der Waals surface area contributed by atoms with Gasteiger partial charge in [-0.05, 0) is 7.05 Å². The van der Waals surface area contributed by atoms with E-state index in [0.717, 1.165) is 13.1 Å². The Morgan fingerprint density at radius 1 is 1.27 bits per heavy atom. The maximum atomic E-state index is 10.7. The summed E-state index contributed by atoms with van der Waals surface area (Å²) in [7, 11) is -2.57. The van der Waals surface area contributed by atoms with Crippen LogP contribution in [-0.2, 0) is 13.8 Å². The minimum Gasteiger partial charge on any atom is -0.387 e. The fraction of sp³-hybridized carbons (Fsp3) is 0.667. The van der Waals surface area contributed by atoms with Gasteiger partial charge in [-0.2, -0.15) is 0 Å². The molecule has 4 atom stereocenters. The lowest BCUT2D eigenvalue weighted by molar-refractivity contribution is -0.0504. The number of hydrogen-bond donors (Lipinski definition) is 6. The largest absolute Gasteiger partial charge is 0.469 e. The Kier molecular flexibility index (Phi) is 7.34. The summed E-state index contributed by atoms with van der Waals surface area (Å²) in [6, 6.07) is 0. The number of imidazole rings is 1. The van der Waals surface area contributed by atoms with Crippen molar-refractivity contribution in [3.8, 4) is 0 Å². The van der Waals surface area contributed by atoms with Crippen molar-refractivity contribution in [1.29, 1.82) is 0 Å². The molecule has 4 rings (SSSR count). The molecule has 168 valence electrons. The molecule has 0 aliphatic carbocycles. The minimum absolute atomic E-state index is 0.142. The van der Waals surface area contributed by atoms with Gasteiger partial charge in [0.25, 0.3) is 0 Å². The van der Waals surface area contributed by atoms with Crippen molar-refractivity contribution < 1.29 is 33.8 Å². The van der Waals surface area contributed by atoms with Crippen LogP contribution in [0.5, 0.6) is 0 Å². The van der Waals surface area contributed by atoms with Crippen LogP contribution >= 0.6 is 7.82 Å². The molecule has 2 aliphatic heterocycles. The zero-order valence-electron chi connectivity index (χ0n) is 16.3. The summed E-state index contributed by atoms with van der Waals surface area (Å²) >= 11 is 0. The van der Waals surface area contributed by atoms with Crippen LogP contribution in [-0.4, -0.2) is 103 Å². The van der Waals surface area contributed by atoms with Gasteiger partial charge in [-0.1, -0.05) is 0 Å². The van der Waals surface area contributed by atoms with Crippen LogP contribution in [0, 0.1) is 0 Å². The van der Waals surface area contributed by atoms with Crippen molar-refractivity contribution in [2.75, 3.05) is 45.6 Å². The predicted molar refractivity (Wildman–Crippen MR) is 104 cm³/mol. The Hall–Kier alpha value is -1.74. The van der Waals surface area contributed by atoms with Crippen molar-refractivity contribution in [3.63, 3.8) is 0 Å². The summed E-state index contributed by atoms with van der Waals surface area (Å²) in [6.07, 6.45) is -2.49. The standard InChI is InChI=1S/C10H14N5O7P.C5H12N2/c11-8-5-9(13-2-12-8)15(3-14-5)10-7(17)6(16)4(22-10)1-21-23(18,19)20;1-7-4-2-6-3-5-7/h2-4,6-7,10,16-17H,1H2,(H2,11,12,13)(H2,18,19,20);6H,2-5H2,1H3/t4-,6-,7-,10-;/m1./s1. The summed E-state index contributed by atoms with van der Waals surface area (Å²) in [5.74, 6) is 0.142. The molecular weight excluding hydrogens is 421 g/mol. The van der Waals surface area contributed by atoms with Crippen LogP contribution in [0.2, 0.25) is 0 Å². The summed E-state index contributed by atoms with van der Waals surface area (Å²) in [6.45, 7) is 4.15. The Bertz CT molecular complexity index is 887. The number of fused-ring (bicyclic) bond motifs is 1. The number of aromatic nitrogens is 4. The number of nitrogen functional groups attached to an aromatic ring is 1. The van der Waals surface area contributed by atoms with Crippen LogP contribution < -0.4 is 11.1 Å². The van der Waals surface area contributed by atoms with Gasteiger partial charge in [0.2, 0.25) is 0 Å². The zero-order valence-corrected chi connectivity index (χ0v) is 17.2. The van der Waals surface area contributed by atoms with Gasteiger partial charge in [0.15, 0.2) is 17.7 Å². The van der Waals surface area contributed by atoms with Crippen LogP contribution in [0.15, 0.2) is 12.7 Å². The first-order valence-corrected chi connectivity index (χ1v) is 10.7. The van der Waals surface area contributed by atoms with E-state index < -0.39 is 39.0 Å². The molecule has 30 heavy (non-hydrogen) atoms. The molecule has 7 N–H and O–H groups in total. The first-order chi connectivity index (χ1) is 14.2. The molecule has 0 aromatic carbocycles. The first-order valence-electron chi connectivity index (χ1n) is 9.21. The van der Waals surface area contributed by atoms with E-state index in [1.807, 2.05) is 0 Å². The second kappa shape index (κ2) is 9.60. The monoisotopic (exact) mass is 447 g/mol. The molecule has 2 aromatic heterocycles. The lowest BCUT2D eigenvalue weighted by Crippen LogP contribution is -2.40. The number of nitrogens with two attached hydrogens (primary N) is 1. The molecule has 0 spiro atoms. The molecule has 15 heteroatoms. The fourth-order valence-corrected chi connectivity index (χ4v) is 3.44. The highest BCUT2D eigenvalue weighted by atomic mass is 31.2. The molecule has 14 nitrogen and oxygen atoms in total. The van der Waals surface area contributed by atoms with E-state index in [0.29, 0.717) is 5.52 Å². The highest BCUT2D eigenvalue weighted by Crippen LogP contribution is 2.38. The summed E-state index contributed by atoms with van der Waals surface area (Å²) in [4.78, 5) is 31.5. The average molecular weight is 447 g/mol. The highest BCUT2D eigenvalue weighted by Gasteiger charge is 2.45. The van der Waals surface area contributed by atoms with Gasteiger partial charge in [-0.15, -0.1) is 0 Å². The van der Waals surface area contributed by atoms with Gasteiger partial charge in [-0.25, -0.2) is 19.5 Å². The minimum atomic E-state index is -4.72. The first kappa shape index (κ1) is 22.9. The summed E-state index contributed by atoms with van der Waals surface area (Å²) in [5, 5.41) is 23.3. The molecule has 0 radical (unpaired) electrons. The maximum absolute atomic E-state index is 10.7. The van der Waals surface area contributed by atoms with E-state index in [9.17, 15) is 14.8 Å². The maximum Gasteiger partial charge on any atom is 0.469 e. The van der Waals surface area contributed by atoms with E-state index in [2.05, 4.69) is 36.7 Å². The normalized spacial score (nSPS) is 27.8. The average Bonchev–Trinajstić information content (AvgIpc) is 3.24. The van der Waals surface area contributed by atoms with Crippen molar-refractivity contribution in [2.24, 2.45) is 0 Å². The summed E-state index contributed by atoms with van der Waals surface area (Å²) in [5.41, 5.74) is 6.25. The Balaban J connectivity index is 0.000000310. The topological polar surface area (TPSA) is 201 Å². The third-order valence-corrected chi connectivity index (χ3v) is 5.23. The second-order valence-electron chi connectivity index (χ2n) is 6.97. The molecule has 0 saturated carbocycles. The molecule has 0 amide bonds. The zero-order chi connectivity index (χ0) is 21.9. The predicted octanol–water partition coefficient (Wildman–Crippen LogP) is -2.34. The van der Waals surface area contributed by atoms with Crippen LogP contribution in [0.25, 0.3) is 11.2 Å². The fourth-order valence-electron chi connectivity index (χ4n) is 3.10. The number of nitrogens with zero attached hydrogens (tertiary/aromatic N) is 5. The molecule has 2 aliphatic rings. The Morgan fingerprint density at radius 3 is 2.57 bits per heavy atom. The number of phosphoric ester groups is 1. The number of anilines is 1. The summed E-state index contributed by atoms with van der Waals surface area (Å²) < 4.78 is 21.8. The van der Waals surface area contributed by atoms with E-state index in [-0.39, 0.29) is 11.5 Å². The Morgan fingerprint density at radius 2 is 1.97 bits per heavy atom. The van der Waals surface area contributed by atoms with Crippen molar-refractivity contribution in [2.45, 2.75) is 24.5 Å². The van der Waals surface area contributed by atoms with Crippen LogP contribution in [0.1, 0.15) is 6.23 Å².